The lowest BCUT2D eigenvalue weighted by molar-refractivity contribution is -0.107. The molecule has 0 spiro atoms. The predicted octanol–water partition coefficient (Wildman–Crippen LogP) is 5.13. The Balaban J connectivity index is 1.55. The zero-order valence-electron chi connectivity index (χ0n) is 18.1. The highest BCUT2D eigenvalue weighted by Crippen LogP contribution is 2.25. The number of carboxylic acids is 1. The van der Waals surface area contributed by atoms with Crippen LogP contribution in [0.15, 0.2) is 97.2 Å². The Morgan fingerprint density at radius 2 is 1.68 bits per heavy atom. The topological polar surface area (TPSA) is 79.7 Å². The smallest absolute Gasteiger partial charge is 0.354 e. The number of hydrogen-bond donors (Lipinski definition) is 1. The van der Waals surface area contributed by atoms with Crippen LogP contribution >= 0.6 is 0 Å². The van der Waals surface area contributed by atoms with E-state index in [4.69, 9.17) is 9.84 Å². The van der Waals surface area contributed by atoms with E-state index >= 15 is 0 Å². The van der Waals surface area contributed by atoms with E-state index < -0.39 is 5.97 Å². The first-order valence-electron chi connectivity index (χ1n) is 10.5. The van der Waals surface area contributed by atoms with Crippen LogP contribution in [0.1, 0.15) is 27.2 Å². The van der Waals surface area contributed by atoms with Gasteiger partial charge in [0.2, 0.25) is 6.41 Å². The lowest BCUT2D eigenvalue weighted by atomic mass is 10.1. The molecule has 0 atom stereocenters. The van der Waals surface area contributed by atoms with Crippen LogP contribution in [0.4, 0.5) is 5.69 Å². The largest absolute Gasteiger partial charge is 0.477 e. The standard InChI is InChI=1S/C28H20N2O4/c31-20-30(19-22-7-6-11-25(17-22)34-24-9-2-1-3-10-24)27-12-5-4-8-23(27)15-13-21-14-16-26(28(32)33)29-18-21/h1-12,14,16-18,20H,19H2,(H,32,33). The molecule has 0 saturated heterocycles. The highest BCUT2D eigenvalue weighted by Gasteiger charge is 2.11. The molecular formula is C28H20N2O4. The van der Waals surface area contributed by atoms with Crippen LogP contribution in [0.25, 0.3) is 0 Å². The number of nitrogens with zero attached hydrogens (tertiary/aromatic N) is 2. The van der Waals surface area contributed by atoms with E-state index in [1.165, 1.54) is 12.3 Å². The van der Waals surface area contributed by atoms with Crippen molar-refractivity contribution in [2.24, 2.45) is 0 Å². The van der Waals surface area contributed by atoms with Crippen molar-refractivity contribution in [2.75, 3.05) is 4.90 Å². The molecule has 1 N–H and O–H groups in total. The number of anilines is 1. The fourth-order valence-electron chi connectivity index (χ4n) is 3.27. The van der Waals surface area contributed by atoms with Crippen molar-refractivity contribution in [3.05, 3.63) is 120 Å². The van der Waals surface area contributed by atoms with Crippen molar-refractivity contribution >= 4 is 18.1 Å². The van der Waals surface area contributed by atoms with E-state index in [1.54, 1.807) is 11.0 Å². The van der Waals surface area contributed by atoms with Gasteiger partial charge in [0.05, 0.1) is 12.2 Å². The van der Waals surface area contributed by atoms with Gasteiger partial charge in [-0.2, -0.15) is 0 Å². The molecule has 1 heterocycles. The van der Waals surface area contributed by atoms with E-state index in [9.17, 15) is 9.59 Å². The van der Waals surface area contributed by atoms with E-state index in [0.29, 0.717) is 29.1 Å². The second-order valence-corrected chi connectivity index (χ2v) is 7.30. The SMILES string of the molecule is O=CN(Cc1cccc(Oc2ccccc2)c1)c1ccccc1C#Cc1ccc(C(=O)O)nc1. The van der Waals surface area contributed by atoms with Gasteiger partial charge < -0.3 is 14.7 Å². The molecule has 0 unspecified atom stereocenters. The van der Waals surface area contributed by atoms with Crippen molar-refractivity contribution in [1.82, 2.24) is 4.98 Å². The summed E-state index contributed by atoms with van der Waals surface area (Å²) in [6.07, 6.45) is 2.18. The van der Waals surface area contributed by atoms with E-state index in [1.807, 2.05) is 78.9 Å². The van der Waals surface area contributed by atoms with Crippen LogP contribution in [-0.2, 0) is 11.3 Å². The number of para-hydroxylation sites is 2. The van der Waals surface area contributed by atoms with Crippen molar-refractivity contribution < 1.29 is 19.4 Å². The second-order valence-electron chi connectivity index (χ2n) is 7.30. The number of pyridine rings is 1. The molecule has 0 saturated carbocycles. The minimum Gasteiger partial charge on any atom is -0.477 e. The normalized spacial score (nSPS) is 10.0. The molecule has 0 aliphatic rings. The molecule has 0 fully saturated rings. The van der Waals surface area contributed by atoms with Gasteiger partial charge in [0.1, 0.15) is 17.2 Å². The Labute approximate surface area is 197 Å². The summed E-state index contributed by atoms with van der Waals surface area (Å²) in [6, 6.07) is 27.4. The molecule has 0 radical (unpaired) electrons. The predicted molar refractivity (Wildman–Crippen MR) is 129 cm³/mol. The first-order valence-corrected chi connectivity index (χ1v) is 10.5. The number of carbonyl (C=O) groups excluding carboxylic acids is 1. The summed E-state index contributed by atoms with van der Waals surface area (Å²) in [5.41, 5.74) is 2.75. The monoisotopic (exact) mass is 448 g/mol. The van der Waals surface area contributed by atoms with Crippen LogP contribution in [0.2, 0.25) is 0 Å². The van der Waals surface area contributed by atoms with Crippen LogP contribution < -0.4 is 9.64 Å². The number of aromatic nitrogens is 1. The maximum atomic E-state index is 12.0. The molecule has 1 amide bonds. The lowest BCUT2D eigenvalue weighted by Crippen LogP contribution is -2.21. The number of hydrogen-bond acceptors (Lipinski definition) is 4. The van der Waals surface area contributed by atoms with Gasteiger partial charge in [0, 0.05) is 17.3 Å². The lowest BCUT2D eigenvalue weighted by Gasteiger charge is -2.19. The van der Waals surface area contributed by atoms with Crippen molar-refractivity contribution in [3.63, 3.8) is 0 Å². The van der Waals surface area contributed by atoms with Crippen molar-refractivity contribution in [2.45, 2.75) is 6.54 Å². The minimum absolute atomic E-state index is 0.0449. The summed E-state index contributed by atoms with van der Waals surface area (Å²) in [5, 5.41) is 8.98. The van der Waals surface area contributed by atoms with Crippen LogP contribution in [0.3, 0.4) is 0 Å². The Kier molecular flexibility index (Phi) is 6.97. The Morgan fingerprint density at radius 3 is 2.41 bits per heavy atom. The quantitative estimate of drug-likeness (QED) is 0.313. The summed E-state index contributed by atoms with van der Waals surface area (Å²) < 4.78 is 5.90. The van der Waals surface area contributed by atoms with Gasteiger partial charge in [-0.3, -0.25) is 4.79 Å². The number of benzene rings is 3. The molecule has 166 valence electrons. The van der Waals surface area contributed by atoms with Crippen LogP contribution in [0.5, 0.6) is 11.5 Å². The molecule has 3 aromatic carbocycles. The average molecular weight is 448 g/mol. The first-order chi connectivity index (χ1) is 16.6. The molecule has 4 rings (SSSR count). The number of carbonyl (C=O) groups is 2. The number of ether oxygens (including phenoxy) is 1. The molecule has 6 heteroatoms. The summed E-state index contributed by atoms with van der Waals surface area (Å²) in [5.74, 6) is 6.36. The number of aromatic carboxylic acids is 1. The highest BCUT2D eigenvalue weighted by molar-refractivity contribution is 5.85. The number of rotatable bonds is 7. The number of amides is 1. The van der Waals surface area contributed by atoms with E-state index in [2.05, 4.69) is 16.8 Å². The second kappa shape index (κ2) is 10.6. The van der Waals surface area contributed by atoms with Gasteiger partial charge in [0.15, 0.2) is 0 Å². The van der Waals surface area contributed by atoms with Crippen LogP contribution in [-0.4, -0.2) is 22.5 Å². The van der Waals surface area contributed by atoms with Gasteiger partial charge in [-0.15, -0.1) is 0 Å². The Bertz CT molecular complexity index is 1360. The zero-order chi connectivity index (χ0) is 23.8. The molecule has 4 aromatic rings. The average Bonchev–Trinajstić information content (AvgIpc) is 2.87. The van der Waals surface area contributed by atoms with Gasteiger partial charge in [-0.05, 0) is 54.1 Å². The Hall–Kier alpha value is -4.89. The van der Waals surface area contributed by atoms with Crippen LogP contribution in [0, 0.1) is 11.8 Å². The van der Waals surface area contributed by atoms with Crippen molar-refractivity contribution in [3.8, 4) is 23.3 Å². The molecule has 0 bridgehead atoms. The van der Waals surface area contributed by atoms with Gasteiger partial charge in [0.25, 0.3) is 0 Å². The van der Waals surface area contributed by atoms with Crippen molar-refractivity contribution in [1.29, 1.82) is 0 Å². The van der Waals surface area contributed by atoms with E-state index in [-0.39, 0.29) is 5.69 Å². The minimum atomic E-state index is -1.09. The molecule has 0 aliphatic carbocycles. The van der Waals surface area contributed by atoms with Gasteiger partial charge >= 0.3 is 5.97 Å². The number of carboxylic acid groups (broad SMARTS) is 1. The highest BCUT2D eigenvalue weighted by atomic mass is 16.5. The van der Waals surface area contributed by atoms with E-state index in [0.717, 1.165) is 17.7 Å². The third kappa shape index (κ3) is 5.67. The maximum absolute atomic E-state index is 12.0. The maximum Gasteiger partial charge on any atom is 0.354 e. The summed E-state index contributed by atoms with van der Waals surface area (Å²) in [4.78, 5) is 28.4. The zero-order valence-corrected chi connectivity index (χ0v) is 18.1. The molecular weight excluding hydrogens is 428 g/mol. The fourth-order valence-corrected chi connectivity index (χ4v) is 3.27. The molecule has 6 nitrogen and oxygen atoms in total. The molecule has 0 aliphatic heterocycles. The third-order valence-electron chi connectivity index (χ3n) is 4.90. The van der Waals surface area contributed by atoms with Gasteiger partial charge in [-0.1, -0.05) is 54.3 Å². The first kappa shape index (κ1) is 22.3. The summed E-state index contributed by atoms with van der Waals surface area (Å²) in [7, 11) is 0. The Morgan fingerprint density at radius 1 is 0.912 bits per heavy atom. The molecule has 34 heavy (non-hydrogen) atoms. The fraction of sp³-hybridized carbons (Fsp3) is 0.0357. The summed E-state index contributed by atoms with van der Waals surface area (Å²) in [6.45, 7) is 0.336. The third-order valence-corrected chi connectivity index (χ3v) is 4.90. The molecule has 1 aromatic heterocycles. The van der Waals surface area contributed by atoms with Gasteiger partial charge in [-0.25, -0.2) is 9.78 Å². The summed E-state index contributed by atoms with van der Waals surface area (Å²) >= 11 is 0.